The summed E-state index contributed by atoms with van der Waals surface area (Å²) >= 11 is 0. The van der Waals surface area contributed by atoms with Crippen LogP contribution in [-0.2, 0) is 0 Å². The molecule has 98 valence electrons. The van der Waals surface area contributed by atoms with Gasteiger partial charge in [0.25, 0.3) is 11.5 Å². The number of carbonyl (C=O) groups excluding carboxylic acids is 1. The molecule has 0 bridgehead atoms. The van der Waals surface area contributed by atoms with Crippen LogP contribution in [0, 0.1) is 6.92 Å². The van der Waals surface area contributed by atoms with E-state index in [1.54, 1.807) is 19.1 Å². The number of aromatic nitrogens is 1. The second kappa shape index (κ2) is 5.35. The molecule has 1 amide bonds. The highest BCUT2D eigenvalue weighted by Gasteiger charge is 2.24. The van der Waals surface area contributed by atoms with Crippen molar-refractivity contribution in [3.05, 3.63) is 33.7 Å². The molecule has 2 rings (SSSR count). The topological polar surface area (TPSA) is 88.0 Å². The Morgan fingerprint density at radius 1 is 1.39 bits per heavy atom. The zero-order valence-electron chi connectivity index (χ0n) is 10.5. The van der Waals surface area contributed by atoms with E-state index in [1.807, 2.05) is 0 Å². The lowest BCUT2D eigenvalue weighted by atomic mass is 9.91. The molecule has 1 aliphatic rings. The number of nitrogens with one attached hydrogen (secondary N) is 2. The highest BCUT2D eigenvalue weighted by Crippen LogP contribution is 2.17. The van der Waals surface area contributed by atoms with Crippen molar-refractivity contribution in [3.63, 3.8) is 0 Å². The molecule has 0 radical (unpaired) electrons. The van der Waals surface area contributed by atoms with E-state index in [0.29, 0.717) is 0 Å². The lowest BCUT2D eigenvalue weighted by Gasteiger charge is -2.29. The number of pyridine rings is 1. The van der Waals surface area contributed by atoms with Crippen molar-refractivity contribution in [1.82, 2.24) is 10.3 Å². The molecule has 0 unspecified atom stereocenters. The van der Waals surface area contributed by atoms with E-state index in [-0.39, 0.29) is 29.1 Å². The maximum Gasteiger partial charge on any atom is 0.260 e. The predicted octanol–water partition coefficient (Wildman–Crippen LogP) is 0.683. The Labute approximate surface area is 106 Å². The fourth-order valence-corrected chi connectivity index (χ4v) is 2.34. The van der Waals surface area contributed by atoms with Crippen LogP contribution in [0.5, 0.6) is 0 Å². The largest absolute Gasteiger partial charge is 0.348 e. The third-order valence-corrected chi connectivity index (χ3v) is 3.44. The minimum atomic E-state index is -0.350. The third-order valence-electron chi connectivity index (χ3n) is 3.44. The van der Waals surface area contributed by atoms with E-state index in [0.717, 1.165) is 31.4 Å². The number of aromatic amines is 1. The van der Waals surface area contributed by atoms with Crippen LogP contribution in [-0.4, -0.2) is 23.0 Å². The van der Waals surface area contributed by atoms with Crippen LogP contribution in [0.15, 0.2) is 16.9 Å². The van der Waals surface area contributed by atoms with Crippen molar-refractivity contribution in [2.45, 2.75) is 44.7 Å². The lowest BCUT2D eigenvalue weighted by Crippen LogP contribution is -2.50. The molecule has 0 aromatic carbocycles. The summed E-state index contributed by atoms with van der Waals surface area (Å²) in [7, 11) is 0. The Morgan fingerprint density at radius 2 is 2.11 bits per heavy atom. The third kappa shape index (κ3) is 2.79. The number of H-pyrrole nitrogens is 1. The van der Waals surface area contributed by atoms with E-state index in [1.165, 1.54) is 0 Å². The van der Waals surface area contributed by atoms with Crippen LogP contribution in [0.25, 0.3) is 0 Å². The fraction of sp³-hybridized carbons (Fsp3) is 0.538. The van der Waals surface area contributed by atoms with Gasteiger partial charge >= 0.3 is 0 Å². The number of hydrogen-bond acceptors (Lipinski definition) is 3. The lowest BCUT2D eigenvalue weighted by molar-refractivity contribution is 0.0919. The van der Waals surface area contributed by atoms with Gasteiger partial charge in [-0.15, -0.1) is 0 Å². The van der Waals surface area contributed by atoms with Gasteiger partial charge in [0, 0.05) is 17.8 Å². The van der Waals surface area contributed by atoms with Gasteiger partial charge in [0.15, 0.2) is 0 Å². The molecule has 5 nitrogen and oxygen atoms in total. The number of hydrogen-bond donors (Lipinski definition) is 3. The Balaban J connectivity index is 2.09. The molecule has 5 heteroatoms. The average molecular weight is 249 g/mol. The Morgan fingerprint density at radius 3 is 2.78 bits per heavy atom. The Bertz CT molecular complexity index is 495. The molecule has 0 aliphatic heterocycles. The molecule has 2 atom stereocenters. The number of nitrogens with two attached hydrogens (primary N) is 1. The summed E-state index contributed by atoms with van der Waals surface area (Å²) in [4.78, 5) is 26.3. The van der Waals surface area contributed by atoms with Gasteiger partial charge in [0.1, 0.15) is 5.56 Å². The van der Waals surface area contributed by atoms with Crippen molar-refractivity contribution in [1.29, 1.82) is 0 Å². The summed E-state index contributed by atoms with van der Waals surface area (Å²) in [6.45, 7) is 1.78. The molecule has 1 aliphatic carbocycles. The summed E-state index contributed by atoms with van der Waals surface area (Å²) in [5, 5.41) is 2.86. The van der Waals surface area contributed by atoms with Gasteiger partial charge in [-0.1, -0.05) is 12.8 Å². The van der Waals surface area contributed by atoms with Gasteiger partial charge in [-0.05, 0) is 31.9 Å². The Kier molecular flexibility index (Phi) is 3.81. The van der Waals surface area contributed by atoms with Crippen molar-refractivity contribution < 1.29 is 4.79 Å². The smallest absolute Gasteiger partial charge is 0.260 e. The normalized spacial score (nSPS) is 23.7. The maximum atomic E-state index is 12.0. The fourth-order valence-electron chi connectivity index (χ4n) is 2.34. The molecule has 1 aromatic heterocycles. The molecule has 0 saturated heterocycles. The van der Waals surface area contributed by atoms with Crippen LogP contribution in [0.3, 0.4) is 0 Å². The van der Waals surface area contributed by atoms with Crippen LogP contribution in [0.1, 0.15) is 41.7 Å². The molecule has 1 aromatic rings. The summed E-state index contributed by atoms with van der Waals surface area (Å²) in [6.07, 6.45) is 3.99. The summed E-state index contributed by atoms with van der Waals surface area (Å²) in [6, 6.07) is 3.24. The van der Waals surface area contributed by atoms with Gasteiger partial charge in [-0.3, -0.25) is 9.59 Å². The van der Waals surface area contributed by atoms with E-state index < -0.39 is 0 Å². The van der Waals surface area contributed by atoms with Crippen LogP contribution >= 0.6 is 0 Å². The molecular weight excluding hydrogens is 230 g/mol. The van der Waals surface area contributed by atoms with Crippen molar-refractivity contribution >= 4 is 5.91 Å². The standard InChI is InChI=1S/C13H19N3O2/c1-8-6-7-9(12(17)15-8)13(18)16-11-5-3-2-4-10(11)14/h6-7,10-11H,2-5,14H2,1H3,(H,15,17)(H,16,18)/t10-,11-/m1/s1. The zero-order valence-corrected chi connectivity index (χ0v) is 10.5. The quantitative estimate of drug-likeness (QED) is 0.720. The van der Waals surface area contributed by atoms with E-state index >= 15 is 0 Å². The number of rotatable bonds is 2. The second-order valence-electron chi connectivity index (χ2n) is 4.91. The maximum absolute atomic E-state index is 12.0. The first-order valence-corrected chi connectivity index (χ1v) is 6.34. The number of carbonyl (C=O) groups is 1. The van der Waals surface area contributed by atoms with Gasteiger partial charge in [-0.2, -0.15) is 0 Å². The summed E-state index contributed by atoms with van der Waals surface area (Å²) in [5.74, 6) is -0.335. The first kappa shape index (κ1) is 12.8. The highest BCUT2D eigenvalue weighted by molar-refractivity contribution is 5.94. The van der Waals surface area contributed by atoms with Crippen LogP contribution in [0.4, 0.5) is 0 Å². The first-order valence-electron chi connectivity index (χ1n) is 6.34. The number of aryl methyl sites for hydroxylation is 1. The van der Waals surface area contributed by atoms with Crippen LogP contribution < -0.4 is 16.6 Å². The second-order valence-corrected chi connectivity index (χ2v) is 4.91. The molecule has 0 spiro atoms. The van der Waals surface area contributed by atoms with Gasteiger partial charge in [0.2, 0.25) is 0 Å². The van der Waals surface area contributed by atoms with Crippen molar-refractivity contribution in [3.8, 4) is 0 Å². The Hall–Kier alpha value is -1.62. The molecule has 1 fully saturated rings. The minimum Gasteiger partial charge on any atom is -0.348 e. The number of amides is 1. The molecule has 1 saturated carbocycles. The SMILES string of the molecule is Cc1ccc(C(=O)N[C@@H]2CCCC[C@H]2N)c(=O)[nH]1. The highest BCUT2D eigenvalue weighted by atomic mass is 16.2. The summed E-state index contributed by atoms with van der Waals surface area (Å²) < 4.78 is 0. The van der Waals surface area contributed by atoms with Crippen LogP contribution in [0.2, 0.25) is 0 Å². The van der Waals surface area contributed by atoms with Gasteiger partial charge in [0.05, 0.1) is 0 Å². The van der Waals surface area contributed by atoms with E-state index in [2.05, 4.69) is 10.3 Å². The van der Waals surface area contributed by atoms with Crippen molar-refractivity contribution in [2.24, 2.45) is 5.73 Å². The van der Waals surface area contributed by atoms with E-state index in [9.17, 15) is 9.59 Å². The van der Waals surface area contributed by atoms with Crippen molar-refractivity contribution in [2.75, 3.05) is 0 Å². The molecule has 4 N–H and O–H groups in total. The summed E-state index contributed by atoms with van der Waals surface area (Å²) in [5.41, 5.74) is 6.51. The van der Waals surface area contributed by atoms with Gasteiger partial charge < -0.3 is 16.0 Å². The monoisotopic (exact) mass is 249 g/mol. The predicted molar refractivity (Wildman–Crippen MR) is 69.5 cm³/mol. The zero-order chi connectivity index (χ0) is 13.1. The van der Waals surface area contributed by atoms with E-state index in [4.69, 9.17) is 5.73 Å². The molecule has 18 heavy (non-hydrogen) atoms. The minimum absolute atomic E-state index is 0.00719. The van der Waals surface area contributed by atoms with Gasteiger partial charge in [-0.25, -0.2) is 0 Å². The molecule has 1 heterocycles. The first-order chi connectivity index (χ1) is 8.58. The average Bonchev–Trinajstić information content (AvgIpc) is 2.32. The molecular formula is C13H19N3O2.